The average Bonchev–Trinajstić information content (AvgIpc) is 2.18. The van der Waals surface area contributed by atoms with Gasteiger partial charge in [-0.2, -0.15) is 0 Å². The van der Waals surface area contributed by atoms with Gasteiger partial charge < -0.3 is 0 Å². The normalized spacial score (nSPS) is 24.0. The quantitative estimate of drug-likeness (QED) is 0.393. The van der Waals surface area contributed by atoms with Gasteiger partial charge in [0.05, 0.1) is 0 Å². The molecule has 0 spiro atoms. The van der Waals surface area contributed by atoms with Gasteiger partial charge in [-0.3, -0.25) is 0 Å². The summed E-state index contributed by atoms with van der Waals surface area (Å²) < 4.78 is 0. The Morgan fingerprint density at radius 2 is 2.67 bits per heavy atom. The standard InChI is InChI=1S/C8H8S/c1-2-4-7-5-3-6-8(7)9/h3-4,6-7H,1,5H2. The number of hydrogen-bond acceptors (Lipinski definition) is 1. The van der Waals surface area contributed by atoms with E-state index in [-0.39, 0.29) is 0 Å². The van der Waals surface area contributed by atoms with Crippen LogP contribution in [-0.4, -0.2) is 4.86 Å². The summed E-state index contributed by atoms with van der Waals surface area (Å²) in [6.45, 7) is 3.49. The minimum atomic E-state index is 0.400. The van der Waals surface area contributed by atoms with Crippen LogP contribution in [-0.2, 0) is 0 Å². The molecule has 0 heterocycles. The fourth-order valence-electron chi connectivity index (χ4n) is 0.863. The maximum Gasteiger partial charge on any atom is 0.0231 e. The van der Waals surface area contributed by atoms with Gasteiger partial charge >= 0.3 is 0 Å². The van der Waals surface area contributed by atoms with Crippen molar-refractivity contribution in [2.45, 2.75) is 6.42 Å². The van der Waals surface area contributed by atoms with Crippen LogP contribution in [0.3, 0.4) is 0 Å². The van der Waals surface area contributed by atoms with Crippen molar-refractivity contribution in [3.8, 4) is 0 Å². The van der Waals surface area contributed by atoms with Crippen LogP contribution in [0.1, 0.15) is 6.42 Å². The van der Waals surface area contributed by atoms with E-state index in [1.165, 1.54) is 0 Å². The van der Waals surface area contributed by atoms with E-state index in [1.807, 2.05) is 12.2 Å². The molecule has 0 amide bonds. The van der Waals surface area contributed by atoms with E-state index < -0.39 is 0 Å². The van der Waals surface area contributed by atoms with Gasteiger partial charge in [0.25, 0.3) is 0 Å². The summed E-state index contributed by atoms with van der Waals surface area (Å²) in [5.74, 6) is 0.400. The number of thiocarbonyl (C=S) groups is 1. The monoisotopic (exact) mass is 136 g/mol. The first-order valence-electron chi connectivity index (χ1n) is 2.91. The number of allylic oxidation sites excluding steroid dienone is 3. The molecular formula is C8H8S. The molecule has 0 N–H and O–H groups in total. The van der Waals surface area contributed by atoms with Crippen molar-refractivity contribution in [1.82, 2.24) is 0 Å². The van der Waals surface area contributed by atoms with E-state index in [4.69, 9.17) is 12.2 Å². The van der Waals surface area contributed by atoms with E-state index in [2.05, 4.69) is 18.4 Å². The summed E-state index contributed by atoms with van der Waals surface area (Å²) in [6, 6.07) is 0. The van der Waals surface area contributed by atoms with Crippen LogP contribution < -0.4 is 0 Å². The third-order valence-electron chi connectivity index (χ3n) is 1.36. The zero-order chi connectivity index (χ0) is 6.69. The zero-order valence-electron chi connectivity index (χ0n) is 5.13. The molecule has 1 aliphatic carbocycles. The molecule has 46 valence electrons. The summed E-state index contributed by atoms with van der Waals surface area (Å²) in [6.07, 6.45) is 7.01. The third-order valence-corrected chi connectivity index (χ3v) is 1.80. The van der Waals surface area contributed by atoms with Crippen LogP contribution in [0.25, 0.3) is 0 Å². The molecule has 1 rings (SSSR count). The van der Waals surface area contributed by atoms with Crippen molar-refractivity contribution in [3.63, 3.8) is 0 Å². The lowest BCUT2D eigenvalue weighted by Crippen LogP contribution is -1.98. The summed E-state index contributed by atoms with van der Waals surface area (Å²) in [5.41, 5.74) is 2.74. The van der Waals surface area contributed by atoms with Crippen molar-refractivity contribution in [3.05, 3.63) is 30.5 Å². The van der Waals surface area contributed by atoms with Crippen molar-refractivity contribution in [1.29, 1.82) is 0 Å². The number of rotatable bonds is 1. The fraction of sp³-hybridized carbons (Fsp3) is 0.250. The Bertz CT molecular complexity index is 195. The summed E-state index contributed by atoms with van der Waals surface area (Å²) in [5, 5.41) is 0. The van der Waals surface area contributed by atoms with Gasteiger partial charge in [-0.1, -0.05) is 30.9 Å². The highest BCUT2D eigenvalue weighted by molar-refractivity contribution is 7.80. The molecule has 1 aliphatic rings. The first-order chi connectivity index (χ1) is 4.34. The van der Waals surface area contributed by atoms with Crippen molar-refractivity contribution in [2.24, 2.45) is 5.92 Å². The highest BCUT2D eigenvalue weighted by Crippen LogP contribution is 2.16. The Balaban J connectivity index is 2.66. The SMILES string of the molecule is C=C=CC1CC=CC1=S. The molecule has 1 unspecified atom stereocenters. The first kappa shape index (κ1) is 6.47. The topological polar surface area (TPSA) is 0 Å². The molecule has 0 radical (unpaired) electrons. The molecular weight excluding hydrogens is 128 g/mol. The molecule has 0 aromatic carbocycles. The van der Waals surface area contributed by atoms with Crippen LogP contribution in [0.4, 0.5) is 0 Å². The fourth-order valence-corrected chi connectivity index (χ4v) is 1.12. The summed E-state index contributed by atoms with van der Waals surface area (Å²) in [7, 11) is 0. The molecule has 1 atom stereocenters. The predicted molar refractivity (Wildman–Crippen MR) is 43.6 cm³/mol. The average molecular weight is 136 g/mol. The Morgan fingerprint density at radius 1 is 1.89 bits per heavy atom. The first-order valence-corrected chi connectivity index (χ1v) is 3.32. The van der Waals surface area contributed by atoms with E-state index in [0.717, 1.165) is 11.3 Å². The van der Waals surface area contributed by atoms with Crippen molar-refractivity contribution < 1.29 is 0 Å². The molecule has 0 saturated heterocycles. The molecule has 0 nitrogen and oxygen atoms in total. The van der Waals surface area contributed by atoms with Crippen LogP contribution in [0.2, 0.25) is 0 Å². The molecule has 0 bridgehead atoms. The van der Waals surface area contributed by atoms with Gasteiger partial charge in [-0.05, 0) is 12.5 Å². The lowest BCUT2D eigenvalue weighted by molar-refractivity contribution is 0.925. The van der Waals surface area contributed by atoms with E-state index in [9.17, 15) is 0 Å². The summed E-state index contributed by atoms with van der Waals surface area (Å²) in [4.78, 5) is 1.01. The van der Waals surface area contributed by atoms with Crippen LogP contribution in [0.5, 0.6) is 0 Å². The third kappa shape index (κ3) is 1.38. The van der Waals surface area contributed by atoms with Crippen LogP contribution in [0, 0.1) is 5.92 Å². The Morgan fingerprint density at radius 3 is 3.11 bits per heavy atom. The second-order valence-electron chi connectivity index (χ2n) is 2.02. The van der Waals surface area contributed by atoms with Crippen molar-refractivity contribution >= 4 is 17.1 Å². The lowest BCUT2D eigenvalue weighted by atomic mass is 10.1. The van der Waals surface area contributed by atoms with Gasteiger partial charge in [0, 0.05) is 10.8 Å². The van der Waals surface area contributed by atoms with Crippen molar-refractivity contribution in [2.75, 3.05) is 0 Å². The second kappa shape index (κ2) is 2.77. The van der Waals surface area contributed by atoms with Gasteiger partial charge in [0.2, 0.25) is 0 Å². The Hall–Kier alpha value is -0.650. The van der Waals surface area contributed by atoms with E-state index in [0.29, 0.717) is 5.92 Å². The molecule has 1 heteroatoms. The zero-order valence-corrected chi connectivity index (χ0v) is 5.95. The highest BCUT2D eigenvalue weighted by Gasteiger charge is 2.11. The van der Waals surface area contributed by atoms with E-state index >= 15 is 0 Å². The van der Waals surface area contributed by atoms with Gasteiger partial charge in [0.15, 0.2) is 0 Å². The van der Waals surface area contributed by atoms with Crippen LogP contribution in [0.15, 0.2) is 30.5 Å². The number of hydrogen-bond donors (Lipinski definition) is 0. The highest BCUT2D eigenvalue weighted by atomic mass is 32.1. The van der Waals surface area contributed by atoms with Gasteiger partial charge in [-0.15, -0.1) is 5.73 Å². The maximum absolute atomic E-state index is 5.02. The predicted octanol–water partition coefficient (Wildman–Crippen LogP) is 2.27. The summed E-state index contributed by atoms with van der Waals surface area (Å²) >= 11 is 5.02. The molecule has 0 fully saturated rings. The minimum absolute atomic E-state index is 0.400. The molecule has 0 aliphatic heterocycles. The maximum atomic E-state index is 5.02. The second-order valence-corrected chi connectivity index (χ2v) is 2.49. The van der Waals surface area contributed by atoms with Gasteiger partial charge in [0.1, 0.15) is 0 Å². The largest absolute Gasteiger partial charge is 0.132 e. The molecule has 0 aromatic rings. The Labute approximate surface area is 60.6 Å². The van der Waals surface area contributed by atoms with Crippen LogP contribution >= 0.6 is 12.2 Å². The molecule has 0 saturated carbocycles. The smallest absolute Gasteiger partial charge is 0.0231 e. The van der Waals surface area contributed by atoms with Gasteiger partial charge in [-0.25, -0.2) is 0 Å². The minimum Gasteiger partial charge on any atom is -0.132 e. The molecule has 0 aromatic heterocycles. The van der Waals surface area contributed by atoms with E-state index in [1.54, 1.807) is 0 Å². The Kier molecular flexibility index (Phi) is 1.99. The lowest BCUT2D eigenvalue weighted by Gasteiger charge is -1.97. The molecule has 9 heavy (non-hydrogen) atoms.